The van der Waals surface area contributed by atoms with Gasteiger partial charge in [-0.1, -0.05) is 35.3 Å². The van der Waals surface area contributed by atoms with Gasteiger partial charge < -0.3 is 15.1 Å². The molecule has 2 aromatic carbocycles. The van der Waals surface area contributed by atoms with Gasteiger partial charge in [0.1, 0.15) is 23.5 Å². The average Bonchev–Trinajstić information content (AvgIpc) is 3.25. The van der Waals surface area contributed by atoms with Crippen molar-refractivity contribution in [1.29, 1.82) is 0 Å². The predicted octanol–water partition coefficient (Wildman–Crippen LogP) is 5.56. The number of benzene rings is 2. The van der Waals surface area contributed by atoms with Crippen LogP contribution in [0.3, 0.4) is 0 Å². The minimum Gasteiger partial charge on any atom is -0.440 e. The molecule has 4 aromatic rings. The molecule has 162 valence electrons. The van der Waals surface area contributed by atoms with Crippen molar-refractivity contribution in [1.82, 2.24) is 20.3 Å². The number of amides is 1. The Morgan fingerprint density at radius 2 is 2.00 bits per heavy atom. The Bertz CT molecular complexity index is 1300. The second-order valence-corrected chi connectivity index (χ2v) is 7.67. The zero-order valence-electron chi connectivity index (χ0n) is 16.7. The van der Waals surface area contributed by atoms with Gasteiger partial charge in [-0.3, -0.25) is 4.79 Å². The lowest BCUT2D eigenvalue weighted by Crippen LogP contribution is -2.23. The average molecular weight is 472 g/mol. The molecule has 0 aliphatic heterocycles. The fraction of sp³-hybridized carbons (Fsp3) is 0.0909. The van der Waals surface area contributed by atoms with Crippen LogP contribution >= 0.6 is 23.2 Å². The monoisotopic (exact) mass is 471 g/mol. The van der Waals surface area contributed by atoms with E-state index in [1.807, 2.05) is 6.07 Å². The van der Waals surface area contributed by atoms with Crippen LogP contribution in [0.2, 0.25) is 10.0 Å². The molecule has 2 heterocycles. The van der Waals surface area contributed by atoms with E-state index in [1.165, 1.54) is 24.5 Å². The topological polar surface area (TPSA) is 92.9 Å². The van der Waals surface area contributed by atoms with Crippen molar-refractivity contribution in [2.45, 2.75) is 13.5 Å². The Hall–Kier alpha value is -3.49. The molecular weight excluding hydrogens is 456 g/mol. The number of oxazole rings is 1. The van der Waals surface area contributed by atoms with Gasteiger partial charge in [0.2, 0.25) is 5.95 Å². The number of rotatable bonds is 6. The predicted molar refractivity (Wildman–Crippen MR) is 120 cm³/mol. The number of carbonyl (C=O) groups is 1. The van der Waals surface area contributed by atoms with E-state index in [9.17, 15) is 9.18 Å². The van der Waals surface area contributed by atoms with Crippen LogP contribution in [-0.4, -0.2) is 20.9 Å². The van der Waals surface area contributed by atoms with Crippen LogP contribution in [0.4, 0.5) is 16.0 Å². The lowest BCUT2D eigenvalue weighted by atomic mass is 10.2. The smallest absolute Gasteiger partial charge is 0.307 e. The number of nitrogens with one attached hydrogen (secondary N) is 2. The third-order valence-corrected chi connectivity index (χ3v) is 4.98. The molecule has 0 bridgehead atoms. The van der Waals surface area contributed by atoms with Crippen LogP contribution in [0.1, 0.15) is 21.8 Å². The summed E-state index contributed by atoms with van der Waals surface area (Å²) in [6, 6.07) is 11.1. The Labute approximate surface area is 192 Å². The maximum Gasteiger partial charge on any atom is 0.307 e. The molecule has 1 amide bonds. The van der Waals surface area contributed by atoms with Crippen molar-refractivity contribution < 1.29 is 13.6 Å². The molecule has 0 aliphatic rings. The van der Waals surface area contributed by atoms with Crippen LogP contribution in [0, 0.1) is 12.7 Å². The number of hydrogen-bond acceptors (Lipinski definition) is 6. The summed E-state index contributed by atoms with van der Waals surface area (Å²) < 4.78 is 18.6. The summed E-state index contributed by atoms with van der Waals surface area (Å²) in [5.41, 5.74) is 2.85. The van der Waals surface area contributed by atoms with Gasteiger partial charge in [0.25, 0.3) is 5.89 Å². The molecule has 7 nitrogen and oxygen atoms in total. The highest BCUT2D eigenvalue weighted by atomic mass is 35.5. The van der Waals surface area contributed by atoms with Crippen molar-refractivity contribution >= 4 is 40.7 Å². The molecule has 0 aliphatic carbocycles. The highest BCUT2D eigenvalue weighted by Crippen LogP contribution is 2.27. The van der Waals surface area contributed by atoms with E-state index in [4.69, 9.17) is 27.6 Å². The van der Waals surface area contributed by atoms with Gasteiger partial charge in [-0.15, -0.1) is 0 Å². The van der Waals surface area contributed by atoms with Gasteiger partial charge in [-0.05, 0) is 48.4 Å². The van der Waals surface area contributed by atoms with E-state index >= 15 is 0 Å². The molecule has 0 fully saturated rings. The minimum absolute atomic E-state index is 0.101. The molecule has 0 saturated heterocycles. The number of carbonyl (C=O) groups excluding carboxylic acids is 1. The van der Waals surface area contributed by atoms with Crippen LogP contribution in [0.5, 0.6) is 0 Å². The molecule has 4 rings (SSSR count). The van der Waals surface area contributed by atoms with Crippen molar-refractivity contribution in [3.05, 3.63) is 87.8 Å². The first-order valence-electron chi connectivity index (χ1n) is 9.43. The van der Waals surface area contributed by atoms with E-state index in [0.717, 1.165) is 11.1 Å². The van der Waals surface area contributed by atoms with Crippen LogP contribution in [0.25, 0.3) is 11.4 Å². The molecule has 32 heavy (non-hydrogen) atoms. The van der Waals surface area contributed by atoms with E-state index in [-0.39, 0.29) is 23.4 Å². The number of halogens is 3. The third-order valence-electron chi connectivity index (χ3n) is 4.43. The number of hydrogen-bond donors (Lipinski definition) is 2. The van der Waals surface area contributed by atoms with E-state index in [1.54, 1.807) is 31.3 Å². The quantitative estimate of drug-likeness (QED) is 0.382. The van der Waals surface area contributed by atoms with E-state index < -0.39 is 11.7 Å². The number of nitrogens with zero attached hydrogens (tertiary/aromatic N) is 3. The van der Waals surface area contributed by atoms with Gasteiger partial charge in [-0.2, -0.15) is 0 Å². The van der Waals surface area contributed by atoms with Crippen LogP contribution in [-0.2, 0) is 6.54 Å². The van der Waals surface area contributed by atoms with Crippen molar-refractivity contribution in [2.75, 3.05) is 5.32 Å². The fourth-order valence-electron chi connectivity index (χ4n) is 2.86. The molecule has 0 unspecified atom stereocenters. The lowest BCUT2D eigenvalue weighted by Gasteiger charge is -2.09. The minimum atomic E-state index is -0.473. The normalized spacial score (nSPS) is 10.8. The van der Waals surface area contributed by atoms with E-state index in [2.05, 4.69) is 25.6 Å². The second-order valence-electron chi connectivity index (χ2n) is 6.82. The molecule has 0 spiro atoms. The summed E-state index contributed by atoms with van der Waals surface area (Å²) in [4.78, 5) is 25.3. The zero-order chi connectivity index (χ0) is 22.7. The van der Waals surface area contributed by atoms with Gasteiger partial charge in [0.05, 0.1) is 10.7 Å². The first kappa shape index (κ1) is 21.7. The van der Waals surface area contributed by atoms with Gasteiger partial charge >= 0.3 is 5.91 Å². The summed E-state index contributed by atoms with van der Waals surface area (Å²) in [5, 5.41) is 6.45. The molecular formula is C22H16Cl2FN5O2. The zero-order valence-corrected chi connectivity index (χ0v) is 18.2. The number of anilines is 2. The SMILES string of the molecule is Cc1cnc(Nc2ccc(F)cc2Cl)nc1-c1coc(C(=O)NCc2cccc(Cl)c2)n1. The summed E-state index contributed by atoms with van der Waals surface area (Å²) in [5.74, 6) is -0.792. The largest absolute Gasteiger partial charge is 0.440 e. The van der Waals surface area contributed by atoms with Crippen molar-refractivity contribution in [3.63, 3.8) is 0 Å². The fourth-order valence-corrected chi connectivity index (χ4v) is 3.29. The van der Waals surface area contributed by atoms with Gasteiger partial charge in [0.15, 0.2) is 0 Å². The van der Waals surface area contributed by atoms with Crippen LogP contribution in [0.15, 0.2) is 59.3 Å². The highest BCUT2D eigenvalue weighted by molar-refractivity contribution is 6.33. The molecule has 0 radical (unpaired) electrons. The molecule has 0 saturated carbocycles. The van der Waals surface area contributed by atoms with Gasteiger partial charge in [-0.25, -0.2) is 19.3 Å². The number of aromatic nitrogens is 3. The first-order chi connectivity index (χ1) is 15.4. The second kappa shape index (κ2) is 9.33. The highest BCUT2D eigenvalue weighted by Gasteiger charge is 2.17. The Morgan fingerprint density at radius 3 is 2.78 bits per heavy atom. The maximum absolute atomic E-state index is 13.3. The molecule has 0 atom stereocenters. The van der Waals surface area contributed by atoms with E-state index in [0.29, 0.717) is 22.1 Å². The summed E-state index contributed by atoms with van der Waals surface area (Å²) >= 11 is 12.0. The van der Waals surface area contributed by atoms with Crippen LogP contribution < -0.4 is 10.6 Å². The molecule has 2 N–H and O–H groups in total. The van der Waals surface area contributed by atoms with Crippen molar-refractivity contribution in [2.24, 2.45) is 0 Å². The summed E-state index contributed by atoms with van der Waals surface area (Å²) in [7, 11) is 0. The Morgan fingerprint density at radius 1 is 1.16 bits per heavy atom. The third kappa shape index (κ3) is 5.04. The Kier molecular flexibility index (Phi) is 6.34. The number of aryl methyl sites for hydroxylation is 1. The summed E-state index contributed by atoms with van der Waals surface area (Å²) in [6.45, 7) is 2.08. The molecule has 10 heteroatoms. The first-order valence-corrected chi connectivity index (χ1v) is 10.2. The standard InChI is InChI=1S/C22H16Cl2FN5O2/c1-12-9-27-22(29-17-6-5-15(25)8-16(17)24)30-19(12)18-11-32-21(28-18)20(31)26-10-13-3-2-4-14(23)7-13/h2-9,11H,10H2,1H3,(H,26,31)(H,27,29,30). The summed E-state index contributed by atoms with van der Waals surface area (Å²) in [6.07, 6.45) is 2.94. The van der Waals surface area contributed by atoms with Gasteiger partial charge in [0, 0.05) is 17.8 Å². The van der Waals surface area contributed by atoms with Crippen molar-refractivity contribution in [3.8, 4) is 11.4 Å². The lowest BCUT2D eigenvalue weighted by molar-refractivity contribution is 0.0916. The Balaban J connectivity index is 1.50. The maximum atomic E-state index is 13.3. The molecule has 2 aromatic heterocycles.